The Balaban J connectivity index is 2.12. The van der Waals surface area contributed by atoms with Crippen LogP contribution >= 0.6 is 22.9 Å². The summed E-state index contributed by atoms with van der Waals surface area (Å²) in [6, 6.07) is 10.9. The van der Waals surface area contributed by atoms with Gasteiger partial charge in [-0.05, 0) is 55.7 Å². The van der Waals surface area contributed by atoms with Crippen LogP contribution in [0.5, 0.6) is 0 Å². The van der Waals surface area contributed by atoms with Crippen LogP contribution in [0.2, 0.25) is 4.34 Å². The van der Waals surface area contributed by atoms with Crippen molar-refractivity contribution in [3.05, 3.63) is 50.7 Å². The van der Waals surface area contributed by atoms with Crippen LogP contribution in [-0.4, -0.2) is 0 Å². The number of hydrogen-bond donors (Lipinski definition) is 1. The van der Waals surface area contributed by atoms with Crippen LogP contribution in [0.3, 0.4) is 0 Å². The topological polar surface area (TPSA) is 12.0 Å². The van der Waals surface area contributed by atoms with Crippen molar-refractivity contribution in [2.45, 2.75) is 33.2 Å². The Morgan fingerprint density at radius 3 is 2.61 bits per heavy atom. The summed E-state index contributed by atoms with van der Waals surface area (Å²) in [6.45, 7) is 6.51. The van der Waals surface area contributed by atoms with E-state index in [-0.39, 0.29) is 6.04 Å². The lowest BCUT2D eigenvalue weighted by Crippen LogP contribution is -2.05. The van der Waals surface area contributed by atoms with E-state index in [1.165, 1.54) is 21.7 Å². The van der Waals surface area contributed by atoms with Gasteiger partial charge in [0.15, 0.2) is 0 Å². The van der Waals surface area contributed by atoms with Gasteiger partial charge in [0.25, 0.3) is 0 Å². The Hall–Kier alpha value is -0.990. The first-order valence-electron chi connectivity index (χ1n) is 6.21. The molecule has 0 radical (unpaired) electrons. The highest BCUT2D eigenvalue weighted by Gasteiger charge is 2.08. The summed E-state index contributed by atoms with van der Waals surface area (Å²) in [7, 11) is 0. The number of anilines is 1. The van der Waals surface area contributed by atoms with Gasteiger partial charge in [-0.2, -0.15) is 0 Å². The normalized spacial score (nSPS) is 12.4. The number of aryl methyl sites for hydroxylation is 2. The van der Waals surface area contributed by atoms with Gasteiger partial charge in [-0.1, -0.05) is 24.6 Å². The van der Waals surface area contributed by atoms with Crippen LogP contribution in [0.25, 0.3) is 0 Å². The maximum absolute atomic E-state index is 5.96. The van der Waals surface area contributed by atoms with Gasteiger partial charge >= 0.3 is 0 Å². The van der Waals surface area contributed by atoms with Crippen molar-refractivity contribution >= 4 is 28.6 Å². The maximum atomic E-state index is 5.96. The molecular formula is C15H18ClNS. The molecule has 0 aliphatic carbocycles. The molecular weight excluding hydrogens is 262 g/mol. The molecule has 18 heavy (non-hydrogen) atoms. The van der Waals surface area contributed by atoms with E-state index in [0.29, 0.717) is 0 Å². The molecule has 1 N–H and O–H groups in total. The second kappa shape index (κ2) is 5.77. The molecule has 96 valence electrons. The average Bonchev–Trinajstić information content (AvgIpc) is 2.76. The molecule has 0 bridgehead atoms. The minimum absolute atomic E-state index is 0.286. The van der Waals surface area contributed by atoms with Crippen LogP contribution in [0.15, 0.2) is 30.3 Å². The Kier molecular flexibility index (Phi) is 4.31. The zero-order valence-corrected chi connectivity index (χ0v) is 12.5. The lowest BCUT2D eigenvalue weighted by Gasteiger charge is -2.15. The number of rotatable bonds is 4. The second-order valence-corrected chi connectivity index (χ2v) is 6.25. The first kappa shape index (κ1) is 13.4. The van der Waals surface area contributed by atoms with Crippen LogP contribution in [0, 0.1) is 6.92 Å². The quantitative estimate of drug-likeness (QED) is 0.785. The zero-order valence-electron chi connectivity index (χ0n) is 11.0. The first-order chi connectivity index (χ1) is 8.60. The third-order valence-corrected chi connectivity index (χ3v) is 4.54. The van der Waals surface area contributed by atoms with Gasteiger partial charge in [0.05, 0.1) is 10.4 Å². The second-order valence-electron chi connectivity index (χ2n) is 4.50. The van der Waals surface area contributed by atoms with E-state index in [1.54, 1.807) is 11.3 Å². The third kappa shape index (κ3) is 3.06. The van der Waals surface area contributed by atoms with Gasteiger partial charge in [0.1, 0.15) is 0 Å². The fourth-order valence-electron chi connectivity index (χ4n) is 2.06. The predicted molar refractivity (Wildman–Crippen MR) is 81.9 cm³/mol. The van der Waals surface area contributed by atoms with Crippen LogP contribution in [-0.2, 0) is 6.42 Å². The summed E-state index contributed by atoms with van der Waals surface area (Å²) in [6.07, 6.45) is 1.09. The molecule has 0 spiro atoms. The highest BCUT2D eigenvalue weighted by Crippen LogP contribution is 2.29. The van der Waals surface area contributed by atoms with E-state index in [0.717, 1.165) is 10.8 Å². The van der Waals surface area contributed by atoms with E-state index in [9.17, 15) is 0 Å². The summed E-state index contributed by atoms with van der Waals surface area (Å²) >= 11 is 7.59. The van der Waals surface area contributed by atoms with Gasteiger partial charge in [-0.25, -0.2) is 0 Å². The highest BCUT2D eigenvalue weighted by molar-refractivity contribution is 7.16. The zero-order chi connectivity index (χ0) is 13.1. The lowest BCUT2D eigenvalue weighted by molar-refractivity contribution is 0.907. The summed E-state index contributed by atoms with van der Waals surface area (Å²) in [4.78, 5) is 1.26. The number of hydrogen-bond acceptors (Lipinski definition) is 2. The molecule has 1 unspecified atom stereocenters. The Labute approximate surface area is 118 Å². The molecule has 3 heteroatoms. The number of halogens is 1. The summed E-state index contributed by atoms with van der Waals surface area (Å²) in [5, 5.41) is 3.52. The van der Waals surface area contributed by atoms with Gasteiger partial charge < -0.3 is 5.32 Å². The van der Waals surface area contributed by atoms with Crippen LogP contribution < -0.4 is 5.32 Å². The standard InChI is InChI=1S/C15H18ClNS/c1-4-12-5-6-13(9-10(12)2)17-11(3)14-7-8-15(16)18-14/h5-9,11,17H,4H2,1-3H3. The summed E-state index contributed by atoms with van der Waals surface area (Å²) in [5.41, 5.74) is 3.92. The smallest absolute Gasteiger partial charge is 0.0932 e. The number of benzene rings is 1. The molecule has 0 amide bonds. The van der Waals surface area contributed by atoms with Gasteiger partial charge in [-0.15, -0.1) is 11.3 Å². The fraction of sp³-hybridized carbons (Fsp3) is 0.333. The van der Waals surface area contributed by atoms with Crippen molar-refractivity contribution in [2.75, 3.05) is 5.32 Å². The number of nitrogens with one attached hydrogen (secondary N) is 1. The third-order valence-electron chi connectivity index (χ3n) is 3.13. The van der Waals surface area contributed by atoms with Crippen molar-refractivity contribution in [1.29, 1.82) is 0 Å². The van der Waals surface area contributed by atoms with Crippen molar-refractivity contribution in [2.24, 2.45) is 0 Å². The minimum Gasteiger partial charge on any atom is -0.378 e. The molecule has 2 rings (SSSR count). The van der Waals surface area contributed by atoms with E-state index in [4.69, 9.17) is 11.6 Å². The minimum atomic E-state index is 0.286. The molecule has 1 aromatic carbocycles. The monoisotopic (exact) mass is 279 g/mol. The Bertz CT molecular complexity index is 533. The van der Waals surface area contributed by atoms with Gasteiger partial charge in [0, 0.05) is 10.6 Å². The highest BCUT2D eigenvalue weighted by atomic mass is 35.5. The van der Waals surface area contributed by atoms with Crippen molar-refractivity contribution in [3.63, 3.8) is 0 Å². The van der Waals surface area contributed by atoms with Crippen LogP contribution in [0.4, 0.5) is 5.69 Å². The first-order valence-corrected chi connectivity index (χ1v) is 7.41. The molecule has 0 aliphatic rings. The molecule has 1 aromatic heterocycles. The molecule has 0 fully saturated rings. The van der Waals surface area contributed by atoms with E-state index in [1.807, 2.05) is 6.07 Å². The van der Waals surface area contributed by atoms with Crippen molar-refractivity contribution < 1.29 is 0 Å². The Morgan fingerprint density at radius 2 is 2.06 bits per heavy atom. The lowest BCUT2D eigenvalue weighted by atomic mass is 10.1. The molecule has 1 heterocycles. The van der Waals surface area contributed by atoms with Crippen LogP contribution in [0.1, 0.15) is 35.9 Å². The molecule has 0 saturated heterocycles. The molecule has 1 atom stereocenters. The molecule has 2 aromatic rings. The van der Waals surface area contributed by atoms with Gasteiger partial charge in [0.2, 0.25) is 0 Å². The number of thiophene rings is 1. The van der Waals surface area contributed by atoms with E-state index >= 15 is 0 Å². The maximum Gasteiger partial charge on any atom is 0.0932 e. The molecule has 1 nitrogen and oxygen atoms in total. The summed E-state index contributed by atoms with van der Waals surface area (Å²) < 4.78 is 0.844. The predicted octanol–water partition coefficient (Wildman–Crippen LogP) is 5.45. The van der Waals surface area contributed by atoms with Crippen molar-refractivity contribution in [1.82, 2.24) is 0 Å². The van der Waals surface area contributed by atoms with Crippen molar-refractivity contribution in [3.8, 4) is 0 Å². The fourth-order valence-corrected chi connectivity index (χ4v) is 3.13. The SMILES string of the molecule is CCc1ccc(NC(C)c2ccc(Cl)s2)cc1C. The van der Waals surface area contributed by atoms with E-state index < -0.39 is 0 Å². The summed E-state index contributed by atoms with van der Waals surface area (Å²) in [5.74, 6) is 0. The average molecular weight is 280 g/mol. The van der Waals surface area contributed by atoms with Gasteiger partial charge in [-0.3, -0.25) is 0 Å². The molecule has 0 aliphatic heterocycles. The largest absolute Gasteiger partial charge is 0.378 e. The molecule has 0 saturated carbocycles. The Morgan fingerprint density at radius 1 is 1.28 bits per heavy atom. The van der Waals surface area contributed by atoms with E-state index in [2.05, 4.69) is 50.4 Å².